The van der Waals surface area contributed by atoms with Crippen LogP contribution < -0.4 is 4.90 Å². The smallest absolute Gasteiger partial charge is 0.293 e. The fourth-order valence-corrected chi connectivity index (χ4v) is 5.53. The van der Waals surface area contributed by atoms with E-state index in [1.54, 1.807) is 47.4 Å². The van der Waals surface area contributed by atoms with Crippen molar-refractivity contribution in [3.8, 4) is 0 Å². The maximum absolute atomic E-state index is 13.0. The Labute approximate surface area is 181 Å². The van der Waals surface area contributed by atoms with Crippen LogP contribution in [-0.4, -0.2) is 67.7 Å². The molecule has 0 radical (unpaired) electrons. The van der Waals surface area contributed by atoms with Crippen LogP contribution in [0.4, 0.5) is 11.4 Å². The Kier molecular flexibility index (Phi) is 5.92. The summed E-state index contributed by atoms with van der Waals surface area (Å²) in [5.74, 6) is -0.326. The van der Waals surface area contributed by atoms with Crippen molar-refractivity contribution in [2.45, 2.75) is 17.7 Å². The number of sulfonamides is 1. The van der Waals surface area contributed by atoms with Gasteiger partial charge in [0.05, 0.1) is 9.82 Å². The molecule has 4 rings (SSSR count). The van der Waals surface area contributed by atoms with Crippen molar-refractivity contribution in [1.82, 2.24) is 9.21 Å². The second kappa shape index (κ2) is 8.64. The van der Waals surface area contributed by atoms with Crippen molar-refractivity contribution in [2.75, 3.05) is 44.2 Å². The summed E-state index contributed by atoms with van der Waals surface area (Å²) < 4.78 is 26.9. The van der Waals surface area contributed by atoms with Crippen molar-refractivity contribution in [1.29, 1.82) is 0 Å². The van der Waals surface area contributed by atoms with E-state index in [0.29, 0.717) is 5.69 Å². The standard InChI is InChI=1S/C21H24N4O5S/c26-21(17-8-9-19(20(16-17)25(27)28)22-10-4-5-11-22)23-12-14-24(15-13-23)31(29,30)18-6-2-1-3-7-18/h1-3,6-9,16H,4-5,10-15H2. The number of hydrogen-bond acceptors (Lipinski definition) is 6. The molecule has 2 heterocycles. The number of piperazine rings is 1. The van der Waals surface area contributed by atoms with Crippen LogP contribution in [0.1, 0.15) is 23.2 Å². The summed E-state index contributed by atoms with van der Waals surface area (Å²) in [6.45, 7) is 2.35. The Bertz CT molecular complexity index is 1080. The van der Waals surface area contributed by atoms with E-state index in [1.807, 2.05) is 4.90 Å². The van der Waals surface area contributed by atoms with Gasteiger partial charge < -0.3 is 9.80 Å². The van der Waals surface area contributed by atoms with Crippen LogP contribution in [0.25, 0.3) is 0 Å². The van der Waals surface area contributed by atoms with E-state index in [-0.39, 0.29) is 48.2 Å². The molecule has 2 aliphatic heterocycles. The molecule has 2 fully saturated rings. The van der Waals surface area contributed by atoms with Crippen LogP contribution in [0.3, 0.4) is 0 Å². The minimum absolute atomic E-state index is 0.0713. The van der Waals surface area contributed by atoms with Crippen molar-refractivity contribution in [3.05, 3.63) is 64.2 Å². The first kappa shape index (κ1) is 21.3. The summed E-state index contributed by atoms with van der Waals surface area (Å²) in [6.07, 6.45) is 1.99. The van der Waals surface area contributed by atoms with E-state index in [1.165, 1.54) is 10.4 Å². The zero-order valence-corrected chi connectivity index (χ0v) is 17.8. The third-order valence-electron chi connectivity index (χ3n) is 5.77. The first-order chi connectivity index (χ1) is 14.9. The van der Waals surface area contributed by atoms with E-state index >= 15 is 0 Å². The summed E-state index contributed by atoms with van der Waals surface area (Å²) in [6, 6.07) is 12.8. The number of anilines is 1. The third kappa shape index (κ3) is 4.26. The van der Waals surface area contributed by atoms with E-state index in [2.05, 4.69) is 0 Å². The monoisotopic (exact) mass is 444 g/mol. The van der Waals surface area contributed by atoms with Crippen LogP contribution in [0.15, 0.2) is 53.4 Å². The number of amides is 1. The normalized spacial score (nSPS) is 17.7. The van der Waals surface area contributed by atoms with Crippen LogP contribution >= 0.6 is 0 Å². The highest BCUT2D eigenvalue weighted by molar-refractivity contribution is 7.89. The number of carbonyl (C=O) groups is 1. The molecule has 2 saturated heterocycles. The molecule has 0 spiro atoms. The Balaban J connectivity index is 1.47. The fraction of sp³-hybridized carbons (Fsp3) is 0.381. The molecule has 0 aliphatic carbocycles. The van der Waals surface area contributed by atoms with E-state index in [9.17, 15) is 23.3 Å². The molecule has 9 nitrogen and oxygen atoms in total. The maximum atomic E-state index is 13.0. The van der Waals surface area contributed by atoms with E-state index in [4.69, 9.17) is 0 Å². The van der Waals surface area contributed by atoms with E-state index < -0.39 is 14.9 Å². The predicted molar refractivity (Wildman–Crippen MR) is 116 cm³/mol. The number of carbonyl (C=O) groups excluding carboxylic acids is 1. The summed E-state index contributed by atoms with van der Waals surface area (Å²) in [5.41, 5.74) is 0.713. The summed E-state index contributed by atoms with van der Waals surface area (Å²) in [4.78, 5) is 27.8. The maximum Gasteiger partial charge on any atom is 0.293 e. The largest absolute Gasteiger partial charge is 0.366 e. The zero-order valence-electron chi connectivity index (χ0n) is 17.0. The van der Waals surface area contributed by atoms with Gasteiger partial charge in [-0.05, 0) is 37.1 Å². The lowest BCUT2D eigenvalue weighted by Gasteiger charge is -2.34. The molecule has 2 aromatic rings. The van der Waals surface area contributed by atoms with Crippen LogP contribution in [0.2, 0.25) is 0 Å². The van der Waals surface area contributed by atoms with Gasteiger partial charge in [-0.25, -0.2) is 8.42 Å². The fourth-order valence-electron chi connectivity index (χ4n) is 4.08. The minimum Gasteiger partial charge on any atom is -0.366 e. The summed E-state index contributed by atoms with van der Waals surface area (Å²) in [7, 11) is -3.61. The van der Waals surface area contributed by atoms with E-state index in [0.717, 1.165) is 25.9 Å². The number of rotatable bonds is 5. The van der Waals surface area contributed by atoms with Crippen molar-refractivity contribution < 1.29 is 18.1 Å². The lowest BCUT2D eigenvalue weighted by Crippen LogP contribution is -2.50. The van der Waals surface area contributed by atoms with Gasteiger partial charge in [0.25, 0.3) is 11.6 Å². The molecule has 2 aliphatic rings. The Morgan fingerprint density at radius 3 is 2.16 bits per heavy atom. The number of hydrogen-bond donors (Lipinski definition) is 0. The lowest BCUT2D eigenvalue weighted by molar-refractivity contribution is -0.384. The second-order valence-electron chi connectivity index (χ2n) is 7.66. The quantitative estimate of drug-likeness (QED) is 0.518. The lowest BCUT2D eigenvalue weighted by atomic mass is 10.1. The average molecular weight is 445 g/mol. The summed E-state index contributed by atoms with van der Waals surface area (Å²) in [5, 5.41) is 11.6. The van der Waals surface area contributed by atoms with Gasteiger partial charge in [-0.1, -0.05) is 18.2 Å². The molecule has 0 aromatic heterocycles. The molecular formula is C21H24N4O5S. The average Bonchev–Trinajstić information content (AvgIpc) is 3.33. The van der Waals surface area contributed by atoms with Gasteiger partial charge in [-0.15, -0.1) is 0 Å². The molecule has 0 N–H and O–H groups in total. The highest BCUT2D eigenvalue weighted by Crippen LogP contribution is 2.32. The van der Waals surface area contributed by atoms with Gasteiger partial charge in [0.1, 0.15) is 5.69 Å². The molecule has 0 atom stereocenters. The van der Waals surface area contributed by atoms with Gasteiger partial charge in [0.15, 0.2) is 0 Å². The highest BCUT2D eigenvalue weighted by atomic mass is 32.2. The predicted octanol–water partition coefficient (Wildman–Crippen LogP) is 2.34. The molecule has 1 amide bonds. The van der Waals surface area contributed by atoms with Gasteiger partial charge in [-0.2, -0.15) is 4.31 Å². The van der Waals surface area contributed by atoms with Crippen molar-refractivity contribution in [3.63, 3.8) is 0 Å². The Hall–Kier alpha value is -2.98. The van der Waals surface area contributed by atoms with Gasteiger partial charge in [0, 0.05) is 50.9 Å². The first-order valence-corrected chi connectivity index (χ1v) is 11.7. The molecule has 10 heteroatoms. The van der Waals surface area contributed by atoms with Gasteiger partial charge in [0.2, 0.25) is 10.0 Å². The Morgan fingerprint density at radius 1 is 0.903 bits per heavy atom. The van der Waals surface area contributed by atoms with Crippen LogP contribution in [0, 0.1) is 10.1 Å². The first-order valence-electron chi connectivity index (χ1n) is 10.3. The Morgan fingerprint density at radius 2 is 1.55 bits per heavy atom. The number of nitro groups is 1. The molecule has 2 aromatic carbocycles. The molecule has 164 valence electrons. The molecule has 31 heavy (non-hydrogen) atoms. The third-order valence-corrected chi connectivity index (χ3v) is 7.69. The zero-order chi connectivity index (χ0) is 22.0. The topological polar surface area (TPSA) is 104 Å². The SMILES string of the molecule is O=C(c1ccc(N2CCCC2)c([N+](=O)[O-])c1)N1CCN(S(=O)(=O)c2ccccc2)CC1. The summed E-state index contributed by atoms with van der Waals surface area (Å²) >= 11 is 0. The van der Waals surface area contributed by atoms with Crippen LogP contribution in [-0.2, 0) is 10.0 Å². The van der Waals surface area contributed by atoms with Gasteiger partial charge in [-0.3, -0.25) is 14.9 Å². The van der Waals surface area contributed by atoms with Crippen LogP contribution in [0.5, 0.6) is 0 Å². The highest BCUT2D eigenvalue weighted by Gasteiger charge is 2.31. The number of nitro benzene ring substituents is 1. The number of benzene rings is 2. The van der Waals surface area contributed by atoms with Crippen molar-refractivity contribution >= 4 is 27.3 Å². The molecular weight excluding hydrogens is 420 g/mol. The van der Waals surface area contributed by atoms with Crippen molar-refractivity contribution in [2.24, 2.45) is 0 Å². The second-order valence-corrected chi connectivity index (χ2v) is 9.60. The molecule has 0 unspecified atom stereocenters. The number of nitrogens with zero attached hydrogens (tertiary/aromatic N) is 4. The van der Waals surface area contributed by atoms with Gasteiger partial charge >= 0.3 is 0 Å². The molecule has 0 bridgehead atoms. The minimum atomic E-state index is -3.61. The molecule has 0 saturated carbocycles.